The molecule has 106 valence electrons. The number of rotatable bonds is 2. The summed E-state index contributed by atoms with van der Waals surface area (Å²) in [6.07, 6.45) is 4.00. The standard InChI is InChI=1S/C14H19N5O/c1-11-2-3-19-10-12(17-13(19)8-11)9-16-14(15)18-4-6-20-7-5-18/h2-3,8,10H,4-7,9H2,1H3,(H2,15,16). The lowest BCUT2D eigenvalue weighted by Crippen LogP contribution is -2.44. The molecule has 1 fully saturated rings. The fraction of sp³-hybridized carbons (Fsp3) is 0.429. The second-order valence-corrected chi connectivity index (χ2v) is 4.98. The topological polar surface area (TPSA) is 68.2 Å². The maximum Gasteiger partial charge on any atom is 0.191 e. The molecule has 0 spiro atoms. The molecule has 1 saturated heterocycles. The summed E-state index contributed by atoms with van der Waals surface area (Å²) in [6, 6.07) is 4.11. The highest BCUT2D eigenvalue weighted by Gasteiger charge is 2.12. The van der Waals surface area contributed by atoms with Gasteiger partial charge in [-0.3, -0.25) is 0 Å². The third kappa shape index (κ3) is 2.75. The predicted molar refractivity (Wildman–Crippen MR) is 77.6 cm³/mol. The molecule has 0 aromatic carbocycles. The summed E-state index contributed by atoms with van der Waals surface area (Å²) in [6.45, 7) is 5.60. The number of aryl methyl sites for hydroxylation is 1. The van der Waals surface area contributed by atoms with E-state index >= 15 is 0 Å². The summed E-state index contributed by atoms with van der Waals surface area (Å²) in [4.78, 5) is 11.0. The molecule has 0 saturated carbocycles. The third-order valence-electron chi connectivity index (χ3n) is 3.40. The molecule has 0 bridgehead atoms. The number of hydrogen-bond acceptors (Lipinski definition) is 3. The van der Waals surface area contributed by atoms with Gasteiger partial charge in [0.1, 0.15) is 5.65 Å². The number of fused-ring (bicyclic) bond motifs is 1. The van der Waals surface area contributed by atoms with Crippen molar-refractivity contribution in [3.63, 3.8) is 0 Å². The number of nitrogens with two attached hydrogens (primary N) is 1. The normalized spacial score (nSPS) is 16.9. The molecule has 3 heterocycles. The van der Waals surface area contributed by atoms with Gasteiger partial charge in [-0.1, -0.05) is 0 Å². The minimum atomic E-state index is 0.504. The lowest BCUT2D eigenvalue weighted by molar-refractivity contribution is 0.0674. The Morgan fingerprint density at radius 3 is 3.05 bits per heavy atom. The molecular formula is C14H19N5O. The summed E-state index contributed by atoms with van der Waals surface area (Å²) in [5, 5.41) is 0. The smallest absolute Gasteiger partial charge is 0.191 e. The molecule has 3 rings (SSSR count). The van der Waals surface area contributed by atoms with Gasteiger partial charge in [0.15, 0.2) is 5.96 Å². The van der Waals surface area contributed by atoms with Gasteiger partial charge < -0.3 is 19.8 Å². The number of aliphatic imine (C=N–C) groups is 1. The van der Waals surface area contributed by atoms with Crippen molar-refractivity contribution in [1.82, 2.24) is 14.3 Å². The number of hydrogen-bond donors (Lipinski definition) is 1. The van der Waals surface area contributed by atoms with E-state index in [0.717, 1.165) is 24.4 Å². The average Bonchev–Trinajstić information content (AvgIpc) is 2.87. The van der Waals surface area contributed by atoms with Crippen LogP contribution in [0.2, 0.25) is 0 Å². The van der Waals surface area contributed by atoms with Gasteiger partial charge in [0.05, 0.1) is 25.5 Å². The number of guanidine groups is 1. The highest BCUT2D eigenvalue weighted by atomic mass is 16.5. The van der Waals surface area contributed by atoms with E-state index in [0.29, 0.717) is 25.7 Å². The highest BCUT2D eigenvalue weighted by Crippen LogP contribution is 2.08. The van der Waals surface area contributed by atoms with E-state index in [4.69, 9.17) is 10.5 Å². The number of ether oxygens (including phenoxy) is 1. The van der Waals surface area contributed by atoms with Crippen molar-refractivity contribution in [1.29, 1.82) is 0 Å². The van der Waals surface area contributed by atoms with E-state index in [1.807, 2.05) is 21.7 Å². The maximum atomic E-state index is 6.00. The van der Waals surface area contributed by atoms with E-state index in [9.17, 15) is 0 Å². The molecule has 0 amide bonds. The lowest BCUT2D eigenvalue weighted by atomic mass is 10.3. The molecule has 2 N–H and O–H groups in total. The molecule has 20 heavy (non-hydrogen) atoms. The van der Waals surface area contributed by atoms with Crippen LogP contribution in [0.4, 0.5) is 0 Å². The van der Waals surface area contributed by atoms with Gasteiger partial charge in [-0.15, -0.1) is 0 Å². The molecule has 1 aliphatic heterocycles. The molecule has 1 aliphatic rings. The number of nitrogens with zero attached hydrogens (tertiary/aromatic N) is 4. The van der Waals surface area contributed by atoms with Crippen molar-refractivity contribution in [3.8, 4) is 0 Å². The summed E-state index contributed by atoms with van der Waals surface area (Å²) in [5.74, 6) is 0.571. The summed E-state index contributed by atoms with van der Waals surface area (Å²) < 4.78 is 7.30. The fourth-order valence-electron chi connectivity index (χ4n) is 2.27. The van der Waals surface area contributed by atoms with Crippen LogP contribution in [0.25, 0.3) is 5.65 Å². The molecule has 2 aromatic rings. The van der Waals surface area contributed by atoms with Gasteiger partial charge in [0, 0.05) is 25.5 Å². The van der Waals surface area contributed by atoms with E-state index in [1.54, 1.807) is 0 Å². The second kappa shape index (κ2) is 5.50. The van der Waals surface area contributed by atoms with Crippen LogP contribution >= 0.6 is 0 Å². The minimum Gasteiger partial charge on any atom is -0.378 e. The first-order chi connectivity index (χ1) is 9.72. The summed E-state index contributed by atoms with van der Waals surface area (Å²) in [5.41, 5.74) is 9.07. The van der Waals surface area contributed by atoms with Gasteiger partial charge in [0.25, 0.3) is 0 Å². The zero-order valence-electron chi connectivity index (χ0n) is 11.6. The fourth-order valence-corrected chi connectivity index (χ4v) is 2.27. The Morgan fingerprint density at radius 2 is 2.25 bits per heavy atom. The SMILES string of the molecule is Cc1ccn2cc(CN=C(N)N3CCOCC3)nc2c1. The Balaban J connectivity index is 1.72. The average molecular weight is 273 g/mol. The van der Waals surface area contributed by atoms with Crippen LogP contribution in [-0.2, 0) is 11.3 Å². The van der Waals surface area contributed by atoms with Crippen LogP contribution in [-0.4, -0.2) is 46.5 Å². The lowest BCUT2D eigenvalue weighted by Gasteiger charge is -2.27. The van der Waals surface area contributed by atoms with Crippen molar-refractivity contribution < 1.29 is 4.74 Å². The first kappa shape index (κ1) is 12.9. The van der Waals surface area contributed by atoms with Crippen LogP contribution in [0.5, 0.6) is 0 Å². The monoisotopic (exact) mass is 273 g/mol. The van der Waals surface area contributed by atoms with E-state index in [2.05, 4.69) is 29.0 Å². The van der Waals surface area contributed by atoms with Crippen LogP contribution in [0.15, 0.2) is 29.5 Å². The Morgan fingerprint density at radius 1 is 1.45 bits per heavy atom. The summed E-state index contributed by atoms with van der Waals surface area (Å²) in [7, 11) is 0. The highest BCUT2D eigenvalue weighted by molar-refractivity contribution is 5.78. The molecular weight excluding hydrogens is 254 g/mol. The zero-order valence-corrected chi connectivity index (χ0v) is 11.6. The maximum absolute atomic E-state index is 6.00. The Labute approximate surface area is 117 Å². The molecule has 0 radical (unpaired) electrons. The Bertz CT molecular complexity index is 628. The number of imidazole rings is 1. The molecule has 0 aliphatic carbocycles. The Kier molecular flexibility index (Phi) is 3.56. The van der Waals surface area contributed by atoms with Crippen LogP contribution in [0, 0.1) is 6.92 Å². The van der Waals surface area contributed by atoms with Crippen molar-refractivity contribution in [3.05, 3.63) is 35.8 Å². The van der Waals surface area contributed by atoms with Crippen LogP contribution in [0.3, 0.4) is 0 Å². The first-order valence-electron chi connectivity index (χ1n) is 6.79. The number of pyridine rings is 1. The van der Waals surface area contributed by atoms with E-state index < -0.39 is 0 Å². The molecule has 2 aromatic heterocycles. The van der Waals surface area contributed by atoms with Gasteiger partial charge in [0.2, 0.25) is 0 Å². The van der Waals surface area contributed by atoms with Crippen LogP contribution in [0.1, 0.15) is 11.3 Å². The molecule has 6 heteroatoms. The minimum absolute atomic E-state index is 0.504. The predicted octanol–water partition coefficient (Wildman–Crippen LogP) is 0.790. The van der Waals surface area contributed by atoms with Gasteiger partial charge >= 0.3 is 0 Å². The largest absolute Gasteiger partial charge is 0.378 e. The van der Waals surface area contributed by atoms with Gasteiger partial charge in [-0.05, 0) is 24.6 Å². The van der Waals surface area contributed by atoms with E-state index in [1.165, 1.54) is 5.56 Å². The number of aromatic nitrogens is 2. The summed E-state index contributed by atoms with van der Waals surface area (Å²) >= 11 is 0. The third-order valence-corrected chi connectivity index (χ3v) is 3.40. The van der Waals surface area contributed by atoms with Crippen molar-refractivity contribution in [2.24, 2.45) is 10.7 Å². The van der Waals surface area contributed by atoms with Crippen LogP contribution < -0.4 is 5.73 Å². The zero-order chi connectivity index (χ0) is 13.9. The second-order valence-electron chi connectivity index (χ2n) is 4.98. The van der Waals surface area contributed by atoms with Gasteiger partial charge in [-0.25, -0.2) is 9.98 Å². The van der Waals surface area contributed by atoms with Crippen molar-refractivity contribution in [2.45, 2.75) is 13.5 Å². The van der Waals surface area contributed by atoms with Crippen molar-refractivity contribution >= 4 is 11.6 Å². The van der Waals surface area contributed by atoms with Gasteiger partial charge in [-0.2, -0.15) is 0 Å². The molecule has 0 atom stereocenters. The molecule has 0 unspecified atom stereocenters. The quantitative estimate of drug-likeness (QED) is 0.649. The van der Waals surface area contributed by atoms with Crippen molar-refractivity contribution in [2.75, 3.05) is 26.3 Å². The Hall–Kier alpha value is -2.08. The number of morpholine rings is 1. The first-order valence-corrected chi connectivity index (χ1v) is 6.79. The molecule has 6 nitrogen and oxygen atoms in total. The van der Waals surface area contributed by atoms with E-state index in [-0.39, 0.29) is 0 Å².